The van der Waals surface area contributed by atoms with E-state index in [1.165, 1.54) is 0 Å². The molecule has 0 bridgehead atoms. The van der Waals surface area contributed by atoms with Gasteiger partial charge in [-0.2, -0.15) is 5.10 Å². The van der Waals surface area contributed by atoms with Gasteiger partial charge in [0.25, 0.3) is 0 Å². The first-order valence-electron chi connectivity index (χ1n) is 11.6. The van der Waals surface area contributed by atoms with E-state index in [1.54, 1.807) is 12.4 Å². The molecule has 1 unspecified atom stereocenters. The Morgan fingerprint density at radius 2 is 2.08 bits per heavy atom. The number of nitrogens with one attached hydrogen (secondary N) is 3. The highest BCUT2D eigenvalue weighted by atomic mass is 19.1. The van der Waals surface area contributed by atoms with Crippen LogP contribution in [0.2, 0.25) is 0 Å². The molecule has 1 aliphatic carbocycles. The molecule has 0 spiro atoms. The quantitative estimate of drug-likeness (QED) is 0.331. The number of rotatable bonds is 4. The maximum atomic E-state index is 11.8. The Bertz CT molecular complexity index is 1270. The second kappa shape index (κ2) is 11.1. The van der Waals surface area contributed by atoms with E-state index in [0.29, 0.717) is 25.6 Å². The number of anilines is 2. The molecule has 1 amide bonds. The highest BCUT2D eigenvalue weighted by Crippen LogP contribution is 2.33. The van der Waals surface area contributed by atoms with Gasteiger partial charge in [0, 0.05) is 43.1 Å². The first-order chi connectivity index (χ1) is 17.3. The summed E-state index contributed by atoms with van der Waals surface area (Å²) < 4.78 is 18.4. The third-order valence-electron chi connectivity index (χ3n) is 5.53. The Kier molecular flexibility index (Phi) is 7.74. The Morgan fingerprint density at radius 3 is 2.61 bits per heavy atom. The summed E-state index contributed by atoms with van der Waals surface area (Å²) in [5.74, 6) is 1.42. The lowest BCUT2D eigenvalue weighted by atomic mass is 10.2. The summed E-state index contributed by atoms with van der Waals surface area (Å²) >= 11 is 0. The van der Waals surface area contributed by atoms with Crippen molar-refractivity contribution in [3.63, 3.8) is 0 Å². The normalized spacial score (nSPS) is 17.4. The van der Waals surface area contributed by atoms with Crippen LogP contribution in [-0.2, 0) is 4.74 Å². The van der Waals surface area contributed by atoms with Crippen molar-refractivity contribution in [1.82, 2.24) is 34.9 Å². The number of amides is 1. The standard InChI is InChI=1S/C15H13N7.C5H9NO2.C4H7FO/c1-10-9-22-14(18-10)8-12(11-4-2-3-6-16-11)19-15(22)20-13-5-7-17-21-13;1-5(2-3-5)6-4(7)8;5-4-1-2-6-3-4/h2-9H,1H3,(H2,17,19,20,21);6H,2-3H2,1H3,(H,7,8);4H,1-3H2. The van der Waals surface area contributed by atoms with Crippen LogP contribution in [0, 0.1) is 6.92 Å². The molecule has 190 valence electrons. The molecule has 2 fully saturated rings. The fourth-order valence-corrected chi connectivity index (χ4v) is 3.37. The number of aromatic amines is 1. The fraction of sp³-hybridized carbons (Fsp3) is 0.375. The molecule has 2 aliphatic rings. The van der Waals surface area contributed by atoms with Gasteiger partial charge in [-0.1, -0.05) is 6.07 Å². The minimum Gasteiger partial charge on any atom is -0.465 e. The molecule has 4 N–H and O–H groups in total. The highest BCUT2D eigenvalue weighted by molar-refractivity contribution is 5.66. The molecule has 11 nitrogen and oxygen atoms in total. The van der Waals surface area contributed by atoms with Crippen molar-refractivity contribution in [2.75, 3.05) is 18.5 Å². The number of aromatic nitrogens is 6. The number of nitrogens with zero attached hydrogens (tertiary/aromatic N) is 5. The van der Waals surface area contributed by atoms with Gasteiger partial charge in [0.15, 0.2) is 0 Å². The monoisotopic (exact) mass is 496 g/mol. The fourth-order valence-electron chi connectivity index (χ4n) is 3.37. The molecule has 1 aliphatic heterocycles. The second-order valence-corrected chi connectivity index (χ2v) is 8.84. The number of aryl methyl sites for hydroxylation is 1. The van der Waals surface area contributed by atoms with E-state index in [2.05, 4.69) is 40.5 Å². The second-order valence-electron chi connectivity index (χ2n) is 8.84. The Hall–Kier alpha value is -4.06. The largest absolute Gasteiger partial charge is 0.465 e. The van der Waals surface area contributed by atoms with Crippen molar-refractivity contribution in [2.24, 2.45) is 0 Å². The van der Waals surface area contributed by atoms with Crippen LogP contribution in [-0.4, -0.2) is 65.7 Å². The van der Waals surface area contributed by atoms with Crippen LogP contribution in [0.4, 0.5) is 21.0 Å². The number of carbonyl (C=O) groups is 1. The number of carboxylic acid groups (broad SMARTS) is 1. The predicted molar refractivity (Wildman–Crippen MR) is 132 cm³/mol. The number of H-pyrrole nitrogens is 1. The number of pyridine rings is 1. The van der Waals surface area contributed by atoms with E-state index in [1.807, 2.05) is 54.8 Å². The highest BCUT2D eigenvalue weighted by Gasteiger charge is 2.38. The number of fused-ring (bicyclic) bond motifs is 1. The minimum absolute atomic E-state index is 0.0775. The summed E-state index contributed by atoms with van der Waals surface area (Å²) in [5, 5.41) is 20.6. The van der Waals surface area contributed by atoms with E-state index in [0.717, 1.165) is 41.4 Å². The van der Waals surface area contributed by atoms with E-state index in [4.69, 9.17) is 5.11 Å². The summed E-state index contributed by atoms with van der Waals surface area (Å²) in [7, 11) is 0. The van der Waals surface area contributed by atoms with Crippen molar-refractivity contribution in [1.29, 1.82) is 0 Å². The van der Waals surface area contributed by atoms with Gasteiger partial charge in [0.2, 0.25) is 5.95 Å². The third-order valence-corrected chi connectivity index (χ3v) is 5.53. The Balaban J connectivity index is 0.000000177. The lowest BCUT2D eigenvalue weighted by Gasteiger charge is -2.08. The molecular formula is C24H29FN8O3. The Morgan fingerprint density at radius 1 is 1.25 bits per heavy atom. The number of alkyl halides is 1. The van der Waals surface area contributed by atoms with E-state index in [9.17, 15) is 9.18 Å². The van der Waals surface area contributed by atoms with Crippen LogP contribution in [0.15, 0.2) is 48.9 Å². The molecule has 6 rings (SSSR count). The van der Waals surface area contributed by atoms with Crippen molar-refractivity contribution >= 4 is 23.5 Å². The SMILES string of the molecule is CC1(NC(=O)O)CC1.Cc1cn2c(Nc3ccn[nH]3)nc(-c3ccccn3)cc2n1.FC1CCOC1. The minimum atomic E-state index is -0.912. The predicted octanol–water partition coefficient (Wildman–Crippen LogP) is 4.12. The lowest BCUT2D eigenvalue weighted by Crippen LogP contribution is -2.32. The topological polar surface area (TPSA) is 142 Å². The number of ether oxygens (including phenoxy) is 1. The van der Waals surface area contributed by atoms with Crippen LogP contribution >= 0.6 is 0 Å². The van der Waals surface area contributed by atoms with Gasteiger partial charge in [0.1, 0.15) is 17.6 Å². The molecule has 12 heteroatoms. The van der Waals surface area contributed by atoms with Gasteiger partial charge in [0.05, 0.1) is 29.9 Å². The molecule has 4 aromatic heterocycles. The zero-order valence-corrected chi connectivity index (χ0v) is 20.1. The maximum absolute atomic E-state index is 11.8. The van der Waals surface area contributed by atoms with E-state index < -0.39 is 12.3 Å². The molecule has 1 saturated heterocycles. The number of imidazole rings is 1. The van der Waals surface area contributed by atoms with Crippen LogP contribution in [0.25, 0.3) is 17.0 Å². The summed E-state index contributed by atoms with van der Waals surface area (Å²) in [6.45, 7) is 4.79. The van der Waals surface area contributed by atoms with Crippen molar-refractivity contribution < 1.29 is 19.0 Å². The average molecular weight is 497 g/mol. The first-order valence-corrected chi connectivity index (χ1v) is 11.6. The summed E-state index contributed by atoms with van der Waals surface area (Å²) in [4.78, 5) is 23.5. The summed E-state index contributed by atoms with van der Waals surface area (Å²) in [6.07, 6.45) is 6.35. The first kappa shape index (κ1) is 25.0. The number of halogens is 1. The summed E-state index contributed by atoms with van der Waals surface area (Å²) in [5.41, 5.74) is 3.23. The van der Waals surface area contributed by atoms with Crippen molar-refractivity contribution in [3.8, 4) is 11.4 Å². The molecule has 1 atom stereocenters. The van der Waals surface area contributed by atoms with Crippen molar-refractivity contribution in [3.05, 3.63) is 54.6 Å². The maximum Gasteiger partial charge on any atom is 0.405 e. The van der Waals surface area contributed by atoms with Gasteiger partial charge < -0.3 is 20.5 Å². The Labute approximate surface area is 207 Å². The van der Waals surface area contributed by atoms with Crippen LogP contribution in [0.3, 0.4) is 0 Å². The number of hydrogen-bond donors (Lipinski definition) is 4. The van der Waals surface area contributed by atoms with Gasteiger partial charge in [-0.3, -0.25) is 14.5 Å². The van der Waals surface area contributed by atoms with E-state index >= 15 is 0 Å². The smallest absolute Gasteiger partial charge is 0.405 e. The van der Waals surface area contributed by atoms with E-state index in [-0.39, 0.29) is 5.54 Å². The lowest BCUT2D eigenvalue weighted by molar-refractivity contribution is 0.173. The van der Waals surface area contributed by atoms with Crippen LogP contribution < -0.4 is 10.6 Å². The number of hydrogen-bond acceptors (Lipinski definition) is 7. The molecule has 1 saturated carbocycles. The summed E-state index contributed by atoms with van der Waals surface area (Å²) in [6, 6.07) is 9.51. The zero-order chi connectivity index (χ0) is 25.5. The average Bonchev–Trinajstić information content (AvgIpc) is 3.29. The molecular weight excluding hydrogens is 467 g/mol. The molecule has 36 heavy (non-hydrogen) atoms. The molecule has 0 radical (unpaired) electrons. The van der Waals surface area contributed by atoms with Gasteiger partial charge >= 0.3 is 6.09 Å². The molecule has 4 aromatic rings. The van der Waals surface area contributed by atoms with Gasteiger partial charge in [-0.25, -0.2) is 19.2 Å². The van der Waals surface area contributed by atoms with Crippen LogP contribution in [0.5, 0.6) is 0 Å². The third kappa shape index (κ3) is 6.98. The van der Waals surface area contributed by atoms with Gasteiger partial charge in [-0.05, 0) is 38.8 Å². The van der Waals surface area contributed by atoms with Gasteiger partial charge in [-0.15, -0.1) is 0 Å². The molecule has 5 heterocycles. The zero-order valence-electron chi connectivity index (χ0n) is 20.1. The molecule has 0 aromatic carbocycles. The van der Waals surface area contributed by atoms with Crippen molar-refractivity contribution in [2.45, 2.75) is 44.8 Å². The van der Waals surface area contributed by atoms with Crippen LogP contribution in [0.1, 0.15) is 31.9 Å².